The van der Waals surface area contributed by atoms with Crippen LogP contribution < -0.4 is 21.9 Å². The Morgan fingerprint density at radius 2 is 2.00 bits per heavy atom. The summed E-state index contributed by atoms with van der Waals surface area (Å²) in [6.07, 6.45) is 7.76. The summed E-state index contributed by atoms with van der Waals surface area (Å²) in [7, 11) is 1.55. The monoisotopic (exact) mass is 336 g/mol. The van der Waals surface area contributed by atoms with Crippen molar-refractivity contribution in [3.8, 4) is 0 Å². The molecule has 0 aromatic carbocycles. The molecule has 1 aromatic rings. The fourth-order valence-corrected chi connectivity index (χ4v) is 3.36. The fourth-order valence-electron chi connectivity index (χ4n) is 3.36. The first-order valence-corrected chi connectivity index (χ1v) is 8.84. The predicted molar refractivity (Wildman–Crippen MR) is 95.2 cm³/mol. The molecule has 134 valence electrons. The largest absolute Gasteiger partial charge is 0.383 e. The summed E-state index contributed by atoms with van der Waals surface area (Å²) in [5.74, 6) is 0.533. The number of nitrogen functional groups attached to an aromatic ring is 1. The summed E-state index contributed by atoms with van der Waals surface area (Å²) < 4.78 is 1.33. The number of amides is 1. The maximum absolute atomic E-state index is 12.4. The number of rotatable bonds is 7. The van der Waals surface area contributed by atoms with Gasteiger partial charge in [-0.25, -0.2) is 4.79 Å². The zero-order chi connectivity index (χ0) is 17.7. The van der Waals surface area contributed by atoms with Crippen LogP contribution in [0.4, 0.5) is 11.5 Å². The molecule has 1 saturated carbocycles. The van der Waals surface area contributed by atoms with Gasteiger partial charge in [0, 0.05) is 20.0 Å². The average molecular weight is 336 g/mol. The highest BCUT2D eigenvalue weighted by molar-refractivity contribution is 5.94. The average Bonchev–Trinajstić information content (AvgIpc) is 3.05. The van der Waals surface area contributed by atoms with Crippen molar-refractivity contribution in [2.75, 3.05) is 17.7 Å². The summed E-state index contributed by atoms with van der Waals surface area (Å²) >= 11 is 0. The Labute approximate surface area is 141 Å². The van der Waals surface area contributed by atoms with Crippen LogP contribution in [0.3, 0.4) is 0 Å². The number of carbonyl (C=O) groups is 1. The molecule has 0 unspecified atom stereocenters. The van der Waals surface area contributed by atoms with Gasteiger partial charge in [0.05, 0.1) is 0 Å². The fraction of sp³-hybridized carbons (Fsp3) is 0.706. The quantitative estimate of drug-likeness (QED) is 0.793. The first-order chi connectivity index (χ1) is 11.5. The van der Waals surface area contributed by atoms with E-state index < -0.39 is 11.2 Å². The van der Waals surface area contributed by atoms with E-state index in [2.05, 4.69) is 4.98 Å². The lowest BCUT2D eigenvalue weighted by molar-refractivity contribution is -0.118. The summed E-state index contributed by atoms with van der Waals surface area (Å²) in [6, 6.07) is 0. The molecule has 1 aliphatic carbocycles. The van der Waals surface area contributed by atoms with Gasteiger partial charge in [-0.1, -0.05) is 39.0 Å². The molecule has 0 saturated heterocycles. The second kappa shape index (κ2) is 8.17. The van der Waals surface area contributed by atoms with Gasteiger partial charge in [0.25, 0.3) is 5.56 Å². The zero-order valence-electron chi connectivity index (χ0n) is 14.6. The topological polar surface area (TPSA) is 101 Å². The van der Waals surface area contributed by atoms with E-state index in [1.807, 2.05) is 6.92 Å². The molecule has 1 heterocycles. The Balaban J connectivity index is 2.17. The molecule has 24 heavy (non-hydrogen) atoms. The van der Waals surface area contributed by atoms with Gasteiger partial charge in [0.1, 0.15) is 5.82 Å². The summed E-state index contributed by atoms with van der Waals surface area (Å²) in [4.78, 5) is 40.1. The van der Waals surface area contributed by atoms with E-state index in [0.29, 0.717) is 18.9 Å². The van der Waals surface area contributed by atoms with Gasteiger partial charge in [-0.2, -0.15) is 0 Å². The Morgan fingerprint density at radius 1 is 1.33 bits per heavy atom. The minimum Gasteiger partial charge on any atom is -0.383 e. The first kappa shape index (κ1) is 18.3. The third kappa shape index (κ3) is 4.07. The summed E-state index contributed by atoms with van der Waals surface area (Å²) in [6.45, 7) is 2.43. The lowest BCUT2D eigenvalue weighted by atomic mass is 10.0. The second-order valence-corrected chi connectivity index (χ2v) is 6.64. The maximum Gasteiger partial charge on any atom is 0.330 e. The van der Waals surface area contributed by atoms with Gasteiger partial charge < -0.3 is 10.6 Å². The number of hydrogen-bond acceptors (Lipinski definition) is 4. The Morgan fingerprint density at radius 3 is 2.62 bits per heavy atom. The van der Waals surface area contributed by atoms with Crippen LogP contribution in [0.5, 0.6) is 0 Å². The van der Waals surface area contributed by atoms with Gasteiger partial charge in [0.2, 0.25) is 5.91 Å². The second-order valence-electron chi connectivity index (χ2n) is 6.64. The van der Waals surface area contributed by atoms with E-state index in [1.54, 1.807) is 7.05 Å². The van der Waals surface area contributed by atoms with Crippen molar-refractivity contribution in [1.29, 1.82) is 0 Å². The van der Waals surface area contributed by atoms with Crippen LogP contribution in [0.25, 0.3) is 0 Å². The molecule has 0 atom stereocenters. The van der Waals surface area contributed by atoms with E-state index in [1.165, 1.54) is 35.2 Å². The van der Waals surface area contributed by atoms with Crippen molar-refractivity contribution in [3.05, 3.63) is 20.8 Å². The lowest BCUT2D eigenvalue weighted by Crippen LogP contribution is -2.39. The minimum absolute atomic E-state index is 0.0638. The van der Waals surface area contributed by atoms with Crippen LogP contribution in [-0.4, -0.2) is 22.5 Å². The molecule has 1 aliphatic rings. The minimum atomic E-state index is -0.609. The molecular weight excluding hydrogens is 308 g/mol. The Bertz CT molecular complexity index is 686. The highest BCUT2D eigenvalue weighted by Crippen LogP contribution is 2.29. The highest BCUT2D eigenvalue weighted by Gasteiger charge is 2.22. The number of aromatic nitrogens is 2. The molecule has 7 nitrogen and oxygen atoms in total. The van der Waals surface area contributed by atoms with Crippen molar-refractivity contribution in [3.63, 3.8) is 0 Å². The molecular formula is C17H28N4O3. The molecule has 1 fully saturated rings. The van der Waals surface area contributed by atoms with Gasteiger partial charge in [-0.05, 0) is 18.8 Å². The van der Waals surface area contributed by atoms with E-state index in [-0.39, 0.29) is 17.4 Å². The van der Waals surface area contributed by atoms with Gasteiger partial charge in [0.15, 0.2) is 5.69 Å². The first-order valence-electron chi connectivity index (χ1n) is 8.84. The molecule has 1 aromatic heterocycles. The third-order valence-electron chi connectivity index (χ3n) is 4.90. The Hall–Kier alpha value is -2.05. The smallest absolute Gasteiger partial charge is 0.330 e. The zero-order valence-corrected chi connectivity index (χ0v) is 14.6. The van der Waals surface area contributed by atoms with Gasteiger partial charge >= 0.3 is 5.69 Å². The van der Waals surface area contributed by atoms with E-state index in [0.717, 1.165) is 19.3 Å². The number of nitrogens with zero attached hydrogens (tertiary/aromatic N) is 2. The number of unbranched alkanes of at least 4 members (excludes halogenated alkanes) is 1. The SMILES string of the molecule is CCCCn1c(N)c(N(C)C(=O)CCC2CCCC2)c(=O)[nH]c1=O. The van der Waals surface area contributed by atoms with Crippen molar-refractivity contribution in [2.24, 2.45) is 5.92 Å². The molecule has 2 rings (SSSR count). The number of aromatic amines is 1. The van der Waals surface area contributed by atoms with E-state index in [4.69, 9.17) is 5.73 Å². The van der Waals surface area contributed by atoms with Crippen LogP contribution in [0, 0.1) is 5.92 Å². The van der Waals surface area contributed by atoms with Crippen molar-refractivity contribution in [2.45, 2.75) is 64.8 Å². The Kier molecular flexibility index (Phi) is 6.23. The van der Waals surface area contributed by atoms with Gasteiger partial charge in [-0.15, -0.1) is 0 Å². The molecule has 3 N–H and O–H groups in total. The van der Waals surface area contributed by atoms with Crippen molar-refractivity contribution >= 4 is 17.4 Å². The number of anilines is 2. The molecule has 1 amide bonds. The van der Waals surface area contributed by atoms with Crippen molar-refractivity contribution < 1.29 is 4.79 Å². The van der Waals surface area contributed by atoms with E-state index in [9.17, 15) is 14.4 Å². The lowest BCUT2D eigenvalue weighted by Gasteiger charge is -2.21. The van der Waals surface area contributed by atoms with Crippen LogP contribution in [0.1, 0.15) is 58.3 Å². The predicted octanol–water partition coefficient (Wildman–Crippen LogP) is 1.85. The third-order valence-corrected chi connectivity index (χ3v) is 4.90. The standard InChI is InChI=1S/C17H28N4O3/c1-3-4-11-21-15(18)14(16(23)19-17(21)24)20(2)13(22)10-9-12-7-5-6-8-12/h12H,3-11,18H2,1-2H3,(H,19,23,24). The van der Waals surface area contributed by atoms with Crippen LogP contribution in [0.2, 0.25) is 0 Å². The summed E-state index contributed by atoms with van der Waals surface area (Å²) in [5, 5.41) is 0. The van der Waals surface area contributed by atoms with Crippen molar-refractivity contribution in [1.82, 2.24) is 9.55 Å². The molecule has 0 aliphatic heterocycles. The number of carbonyl (C=O) groups excluding carboxylic acids is 1. The molecule has 0 bridgehead atoms. The maximum atomic E-state index is 12.4. The van der Waals surface area contributed by atoms with Crippen LogP contribution in [0.15, 0.2) is 9.59 Å². The van der Waals surface area contributed by atoms with Crippen LogP contribution in [-0.2, 0) is 11.3 Å². The van der Waals surface area contributed by atoms with Crippen LogP contribution >= 0.6 is 0 Å². The summed E-state index contributed by atoms with van der Waals surface area (Å²) in [5.41, 5.74) is 4.97. The highest BCUT2D eigenvalue weighted by atomic mass is 16.2. The van der Waals surface area contributed by atoms with E-state index >= 15 is 0 Å². The number of nitrogens with two attached hydrogens (primary N) is 1. The number of H-pyrrole nitrogens is 1. The number of nitrogens with one attached hydrogen (secondary N) is 1. The molecule has 0 spiro atoms. The normalized spacial score (nSPS) is 14.9. The van der Waals surface area contributed by atoms with Gasteiger partial charge in [-0.3, -0.25) is 19.1 Å². The molecule has 7 heteroatoms. The number of hydrogen-bond donors (Lipinski definition) is 2. The molecule has 0 radical (unpaired) electrons.